The minimum Gasteiger partial charge on any atom is -0.478 e. The minimum absolute atomic E-state index is 0.0684. The van der Waals surface area contributed by atoms with E-state index in [4.69, 9.17) is 23.2 Å². The number of nitrogens with one attached hydrogen (secondary N) is 2. The molecule has 3 heterocycles. The highest BCUT2D eigenvalue weighted by atomic mass is 35.5. The molecule has 4 rings (SSSR count). The number of carbonyl (C=O) groups excluding carboxylic acids is 1. The van der Waals surface area contributed by atoms with Crippen molar-refractivity contribution in [3.05, 3.63) is 72.9 Å². The van der Waals surface area contributed by atoms with Crippen molar-refractivity contribution < 1.29 is 33.0 Å². The molecule has 16 heteroatoms. The molecule has 262 valence electrons. The number of sulfonamides is 1. The predicted molar refractivity (Wildman–Crippen MR) is 186 cm³/mol. The van der Waals surface area contributed by atoms with Crippen molar-refractivity contribution in [2.75, 3.05) is 45.5 Å². The highest BCUT2D eigenvalue weighted by Gasteiger charge is 2.43. The lowest BCUT2D eigenvalue weighted by Crippen LogP contribution is -2.52. The fraction of sp³-hybridized carbons (Fsp3) is 0.500. The number of halogens is 2. The van der Waals surface area contributed by atoms with Gasteiger partial charge in [-0.2, -0.15) is 0 Å². The van der Waals surface area contributed by atoms with Gasteiger partial charge >= 0.3 is 11.9 Å². The lowest BCUT2D eigenvalue weighted by Gasteiger charge is -2.39. The summed E-state index contributed by atoms with van der Waals surface area (Å²) in [5.41, 5.74) is -1.09. The average Bonchev–Trinajstić information content (AvgIpc) is 3.52. The van der Waals surface area contributed by atoms with Gasteiger partial charge in [-0.15, -0.1) is 11.3 Å². The van der Waals surface area contributed by atoms with Crippen LogP contribution in [0.25, 0.3) is 0 Å². The summed E-state index contributed by atoms with van der Waals surface area (Å²) in [5, 5.41) is 27.0. The maximum Gasteiger partial charge on any atom is 0.334 e. The zero-order valence-corrected chi connectivity index (χ0v) is 30.6. The molecule has 0 radical (unpaired) electrons. The van der Waals surface area contributed by atoms with E-state index in [2.05, 4.69) is 19.9 Å². The number of aromatic nitrogens is 1. The van der Waals surface area contributed by atoms with Gasteiger partial charge in [-0.1, -0.05) is 57.0 Å². The lowest BCUT2D eigenvalue weighted by atomic mass is 9.76. The number of benzene rings is 1. The van der Waals surface area contributed by atoms with E-state index in [1.165, 1.54) is 23.5 Å². The number of piperazine rings is 1. The van der Waals surface area contributed by atoms with Gasteiger partial charge in [0.2, 0.25) is 15.9 Å². The summed E-state index contributed by atoms with van der Waals surface area (Å²) in [5.74, 6) is -4.44. The molecule has 0 bridgehead atoms. The van der Waals surface area contributed by atoms with Crippen molar-refractivity contribution in [3.8, 4) is 0 Å². The number of aliphatic carboxylic acids is 2. The molecular formula is C32H41Cl2N5O7S2. The van der Waals surface area contributed by atoms with Crippen LogP contribution in [0.5, 0.6) is 0 Å². The number of rotatable bonds is 13. The van der Waals surface area contributed by atoms with Crippen LogP contribution in [-0.4, -0.2) is 96.8 Å². The number of allylic oxidation sites excluding steroid dienone is 1. The second-order valence-corrected chi connectivity index (χ2v) is 17.1. The van der Waals surface area contributed by atoms with Gasteiger partial charge in [0.05, 0.1) is 34.7 Å². The summed E-state index contributed by atoms with van der Waals surface area (Å²) >= 11 is 14.6. The van der Waals surface area contributed by atoms with Crippen LogP contribution in [-0.2, 0) is 29.8 Å². The van der Waals surface area contributed by atoms with Gasteiger partial charge in [0, 0.05) is 83.3 Å². The van der Waals surface area contributed by atoms with Crippen LogP contribution in [0.3, 0.4) is 0 Å². The topological polar surface area (TPSA) is 169 Å². The molecule has 1 atom stereocenters. The normalized spacial score (nSPS) is 18.2. The summed E-state index contributed by atoms with van der Waals surface area (Å²) in [6.45, 7) is 10.5. The summed E-state index contributed by atoms with van der Waals surface area (Å²) in [6.07, 6.45) is 2.61. The Morgan fingerprint density at radius 1 is 1.02 bits per heavy atom. The first kappa shape index (κ1) is 37.8. The summed E-state index contributed by atoms with van der Waals surface area (Å²) in [6, 6.07) is 4.63. The van der Waals surface area contributed by atoms with E-state index in [-0.39, 0.29) is 68.9 Å². The molecule has 12 nitrogen and oxygen atoms in total. The van der Waals surface area contributed by atoms with E-state index in [1.807, 2.05) is 33.1 Å². The maximum atomic E-state index is 13.8. The molecule has 1 saturated heterocycles. The van der Waals surface area contributed by atoms with E-state index >= 15 is 0 Å². The first-order valence-electron chi connectivity index (χ1n) is 15.3. The first-order valence-corrected chi connectivity index (χ1v) is 18.8. The molecule has 1 aromatic heterocycles. The number of carbonyl (C=O) groups is 3. The van der Waals surface area contributed by atoms with Crippen LogP contribution in [0.4, 0.5) is 0 Å². The van der Waals surface area contributed by atoms with Crippen LogP contribution in [0.1, 0.15) is 57.0 Å². The zero-order chi connectivity index (χ0) is 35.6. The van der Waals surface area contributed by atoms with Crippen molar-refractivity contribution >= 4 is 62.4 Å². The van der Waals surface area contributed by atoms with Crippen molar-refractivity contribution in [1.29, 1.82) is 0 Å². The molecule has 4 N–H and O–H groups in total. The standard InChI is InChI=1S/C32H41Cl2N5O7S2/c1-31(2,17-36-48(5,45)46)18-38-10-12-39(13-11-38)23(40)15-21-25(28(41)42)27(24-19(33)7-6-8-20(24)34)26(29(43)44)22(37-21)16-32(3,4)30-35-9-14-47-30/h6-9,14,27,36-37H,10-13,15-18H2,1-5H3,(H,41,42)(H,43,44). The highest BCUT2D eigenvalue weighted by molar-refractivity contribution is 7.88. The van der Waals surface area contributed by atoms with Crippen LogP contribution >= 0.6 is 34.5 Å². The smallest absolute Gasteiger partial charge is 0.334 e. The number of carboxylic acids is 2. The van der Waals surface area contributed by atoms with Gasteiger partial charge in [-0.25, -0.2) is 27.7 Å². The predicted octanol–water partition coefficient (Wildman–Crippen LogP) is 4.29. The Hall–Kier alpha value is -3.01. The number of thiazole rings is 1. The Bertz CT molecular complexity index is 1710. The number of amides is 1. The monoisotopic (exact) mass is 741 g/mol. The van der Waals surface area contributed by atoms with E-state index < -0.39 is 33.3 Å². The fourth-order valence-electron chi connectivity index (χ4n) is 6.15. The molecule has 1 aromatic carbocycles. The molecule has 0 saturated carbocycles. The fourth-order valence-corrected chi connectivity index (χ4v) is 8.18. The first-order chi connectivity index (χ1) is 22.3. The lowest BCUT2D eigenvalue weighted by molar-refractivity contribution is -0.133. The summed E-state index contributed by atoms with van der Waals surface area (Å²) in [7, 11) is -3.33. The Kier molecular flexibility index (Phi) is 11.7. The molecule has 2 aromatic rings. The largest absolute Gasteiger partial charge is 0.478 e. The van der Waals surface area contributed by atoms with Crippen LogP contribution in [0, 0.1) is 5.41 Å². The van der Waals surface area contributed by atoms with Gasteiger partial charge < -0.3 is 20.4 Å². The highest BCUT2D eigenvalue weighted by Crippen LogP contribution is 2.46. The van der Waals surface area contributed by atoms with Crippen LogP contribution < -0.4 is 10.0 Å². The van der Waals surface area contributed by atoms with E-state index in [1.54, 1.807) is 17.2 Å². The van der Waals surface area contributed by atoms with Gasteiger partial charge in [0.15, 0.2) is 0 Å². The molecule has 1 fully saturated rings. The Morgan fingerprint density at radius 3 is 2.12 bits per heavy atom. The van der Waals surface area contributed by atoms with E-state index in [0.29, 0.717) is 32.7 Å². The molecule has 2 aliphatic heterocycles. The Balaban J connectivity index is 1.65. The van der Waals surface area contributed by atoms with Crippen LogP contribution in [0.15, 0.2) is 52.3 Å². The third kappa shape index (κ3) is 9.16. The Labute approximate surface area is 294 Å². The quantitative estimate of drug-likeness (QED) is 0.232. The third-order valence-electron chi connectivity index (χ3n) is 8.43. The summed E-state index contributed by atoms with van der Waals surface area (Å²) < 4.78 is 25.7. The van der Waals surface area contributed by atoms with Crippen molar-refractivity contribution in [2.24, 2.45) is 5.41 Å². The van der Waals surface area contributed by atoms with Crippen molar-refractivity contribution in [3.63, 3.8) is 0 Å². The van der Waals surface area contributed by atoms with Gasteiger partial charge in [-0.3, -0.25) is 9.69 Å². The average molecular weight is 743 g/mol. The third-order valence-corrected chi connectivity index (χ3v) is 10.9. The minimum atomic E-state index is -3.33. The van der Waals surface area contributed by atoms with Crippen molar-refractivity contribution in [1.82, 2.24) is 24.8 Å². The number of hydrogen-bond acceptors (Lipinski definition) is 9. The molecule has 1 unspecified atom stereocenters. The van der Waals surface area contributed by atoms with Gasteiger partial charge in [0.25, 0.3) is 0 Å². The van der Waals surface area contributed by atoms with E-state index in [9.17, 15) is 33.0 Å². The number of hydrogen-bond donors (Lipinski definition) is 4. The second-order valence-electron chi connectivity index (χ2n) is 13.6. The van der Waals surface area contributed by atoms with Crippen LogP contribution in [0.2, 0.25) is 10.0 Å². The molecule has 1 amide bonds. The molecule has 48 heavy (non-hydrogen) atoms. The van der Waals surface area contributed by atoms with E-state index in [0.717, 1.165) is 11.3 Å². The molecule has 2 aliphatic rings. The van der Waals surface area contributed by atoms with Crippen molar-refractivity contribution in [2.45, 2.75) is 51.9 Å². The molecular weight excluding hydrogens is 701 g/mol. The van der Waals surface area contributed by atoms with Gasteiger partial charge in [-0.05, 0) is 24.0 Å². The maximum absolute atomic E-state index is 13.8. The number of dihydropyridines is 1. The number of nitrogens with zero attached hydrogens (tertiary/aromatic N) is 3. The molecule has 0 spiro atoms. The Morgan fingerprint density at radius 2 is 1.60 bits per heavy atom. The SMILES string of the molecule is CC(C)(CNS(C)(=O)=O)CN1CCN(C(=O)CC2=C(C(=O)O)C(c3c(Cl)cccc3Cl)C(C(=O)O)=C(CC(C)(C)c3nccs3)N2)CC1. The molecule has 0 aliphatic carbocycles. The zero-order valence-electron chi connectivity index (χ0n) is 27.5. The second kappa shape index (κ2) is 14.9. The van der Waals surface area contributed by atoms with Gasteiger partial charge in [0.1, 0.15) is 0 Å². The summed E-state index contributed by atoms with van der Waals surface area (Å²) in [4.78, 5) is 48.0. The number of carboxylic acid groups (broad SMARTS) is 2.